The van der Waals surface area contributed by atoms with Gasteiger partial charge in [0.25, 0.3) is 5.91 Å². The third-order valence-corrected chi connectivity index (χ3v) is 6.45. The maximum Gasteiger partial charge on any atom is 0.255 e. The predicted octanol–water partition coefficient (Wildman–Crippen LogP) is 5.46. The lowest BCUT2D eigenvalue weighted by Gasteiger charge is -2.27. The highest BCUT2D eigenvalue weighted by Crippen LogP contribution is 2.25. The fourth-order valence-electron chi connectivity index (χ4n) is 3.62. The van der Waals surface area contributed by atoms with E-state index in [1.165, 1.54) is 17.1 Å². The topological polar surface area (TPSA) is 65.4 Å². The van der Waals surface area contributed by atoms with Gasteiger partial charge >= 0.3 is 0 Å². The highest BCUT2D eigenvalue weighted by molar-refractivity contribution is 7.99. The minimum atomic E-state index is -0.176. The van der Waals surface area contributed by atoms with E-state index in [1.807, 2.05) is 23.9 Å². The number of carbonyl (C=O) groups excluding carboxylic acids is 1. The number of amides is 1. The van der Waals surface area contributed by atoms with Crippen LogP contribution in [0.4, 0.5) is 5.69 Å². The Labute approximate surface area is 193 Å². The Bertz CT molecular complexity index is 1130. The molecule has 0 aromatic heterocycles. The molecule has 1 aliphatic rings. The minimum Gasteiger partial charge on any atom is -0.457 e. The van der Waals surface area contributed by atoms with Crippen LogP contribution >= 0.6 is 11.8 Å². The third kappa shape index (κ3) is 5.50. The second-order valence-corrected chi connectivity index (χ2v) is 8.92. The number of hydrogen-bond donors (Lipinski definition) is 1. The number of hydrogen-bond acceptors (Lipinski definition) is 5. The molecule has 1 saturated heterocycles. The normalized spacial score (nSPS) is 13.9. The first-order valence-electron chi connectivity index (χ1n) is 10.6. The molecule has 0 spiro atoms. The fraction of sp³-hybridized carbons (Fsp3) is 0.231. The molecule has 32 heavy (non-hydrogen) atoms. The Morgan fingerprint density at radius 1 is 1.06 bits per heavy atom. The van der Waals surface area contributed by atoms with Crippen LogP contribution in [0.5, 0.6) is 11.5 Å². The van der Waals surface area contributed by atoms with Crippen LogP contribution in [0.15, 0.2) is 66.7 Å². The molecule has 1 heterocycles. The second-order valence-electron chi connectivity index (χ2n) is 7.70. The Kier molecular flexibility index (Phi) is 7.10. The Morgan fingerprint density at radius 2 is 1.81 bits per heavy atom. The summed E-state index contributed by atoms with van der Waals surface area (Å²) in [5.74, 6) is 3.36. The smallest absolute Gasteiger partial charge is 0.255 e. The summed E-state index contributed by atoms with van der Waals surface area (Å²) >= 11 is 2.00. The highest BCUT2D eigenvalue weighted by atomic mass is 32.2. The lowest BCUT2D eigenvalue weighted by Crippen LogP contribution is -2.32. The third-order valence-electron chi connectivity index (χ3n) is 5.51. The van der Waals surface area contributed by atoms with Crippen LogP contribution in [0.2, 0.25) is 0 Å². The van der Waals surface area contributed by atoms with Crippen molar-refractivity contribution in [2.45, 2.75) is 13.5 Å². The van der Waals surface area contributed by atoms with Gasteiger partial charge in [-0.25, -0.2) is 0 Å². The van der Waals surface area contributed by atoms with E-state index in [4.69, 9.17) is 10.00 Å². The average Bonchev–Trinajstić information content (AvgIpc) is 2.83. The first kappa shape index (κ1) is 21.9. The van der Waals surface area contributed by atoms with Gasteiger partial charge in [-0.2, -0.15) is 17.0 Å². The predicted molar refractivity (Wildman–Crippen MR) is 129 cm³/mol. The Morgan fingerprint density at radius 3 is 2.56 bits per heavy atom. The van der Waals surface area contributed by atoms with Crippen LogP contribution < -0.4 is 10.1 Å². The summed E-state index contributed by atoms with van der Waals surface area (Å²) in [6, 6.07) is 22.1. The summed E-state index contributed by atoms with van der Waals surface area (Å²) in [6.07, 6.45) is 0. The summed E-state index contributed by atoms with van der Waals surface area (Å²) in [5, 5.41) is 12.0. The fourth-order valence-corrected chi connectivity index (χ4v) is 4.60. The molecule has 1 amide bonds. The van der Waals surface area contributed by atoms with Gasteiger partial charge in [-0.3, -0.25) is 9.69 Å². The van der Waals surface area contributed by atoms with E-state index in [-0.39, 0.29) is 5.91 Å². The molecule has 162 valence electrons. The van der Waals surface area contributed by atoms with Crippen LogP contribution in [0.3, 0.4) is 0 Å². The molecule has 3 aromatic carbocycles. The SMILES string of the molecule is Cc1c(CN2CCSCC2)cccc1NC(=O)c1cccc(Oc2ccc(C#N)cc2)c1. The van der Waals surface area contributed by atoms with Crippen molar-refractivity contribution in [1.82, 2.24) is 4.90 Å². The van der Waals surface area contributed by atoms with Gasteiger partial charge in [0.05, 0.1) is 11.6 Å². The molecular formula is C26H25N3O2S. The number of rotatable bonds is 6. The Hall–Kier alpha value is -3.27. The number of ether oxygens (including phenoxy) is 1. The van der Waals surface area contributed by atoms with Gasteiger partial charge in [0.15, 0.2) is 0 Å². The summed E-state index contributed by atoms with van der Waals surface area (Å²) in [7, 11) is 0. The van der Waals surface area contributed by atoms with E-state index in [9.17, 15) is 4.79 Å². The molecule has 0 aliphatic carbocycles. The van der Waals surface area contributed by atoms with Gasteiger partial charge < -0.3 is 10.1 Å². The molecule has 4 rings (SSSR count). The molecule has 1 N–H and O–H groups in total. The molecule has 0 unspecified atom stereocenters. The number of nitrogens with one attached hydrogen (secondary N) is 1. The van der Waals surface area contributed by atoms with Gasteiger partial charge in [0, 0.05) is 42.4 Å². The van der Waals surface area contributed by atoms with E-state index in [2.05, 4.69) is 29.3 Å². The van der Waals surface area contributed by atoms with E-state index >= 15 is 0 Å². The zero-order valence-electron chi connectivity index (χ0n) is 18.0. The monoisotopic (exact) mass is 443 g/mol. The van der Waals surface area contributed by atoms with Crippen molar-refractivity contribution in [3.8, 4) is 17.6 Å². The van der Waals surface area contributed by atoms with E-state index in [0.717, 1.165) is 30.9 Å². The van der Waals surface area contributed by atoms with Gasteiger partial charge in [0.2, 0.25) is 0 Å². The molecule has 1 fully saturated rings. The van der Waals surface area contributed by atoms with Gasteiger partial charge in [-0.15, -0.1) is 0 Å². The Balaban J connectivity index is 1.45. The van der Waals surface area contributed by atoms with Crippen molar-refractivity contribution in [2.75, 3.05) is 29.9 Å². The van der Waals surface area contributed by atoms with Crippen LogP contribution in [0, 0.1) is 18.3 Å². The molecule has 6 heteroatoms. The van der Waals surface area contributed by atoms with Crippen molar-refractivity contribution < 1.29 is 9.53 Å². The zero-order valence-corrected chi connectivity index (χ0v) is 18.8. The maximum atomic E-state index is 12.9. The molecule has 0 radical (unpaired) electrons. The van der Waals surface area contributed by atoms with Crippen molar-refractivity contribution >= 4 is 23.4 Å². The van der Waals surface area contributed by atoms with Crippen molar-refractivity contribution in [3.05, 3.63) is 89.0 Å². The van der Waals surface area contributed by atoms with E-state index in [1.54, 1.807) is 48.5 Å². The number of nitriles is 1. The summed E-state index contributed by atoms with van der Waals surface area (Å²) in [4.78, 5) is 15.4. The van der Waals surface area contributed by atoms with Gasteiger partial charge in [-0.05, 0) is 66.6 Å². The molecule has 3 aromatic rings. The van der Waals surface area contributed by atoms with Crippen LogP contribution in [-0.4, -0.2) is 35.4 Å². The quantitative estimate of drug-likeness (QED) is 0.548. The van der Waals surface area contributed by atoms with Gasteiger partial charge in [0.1, 0.15) is 11.5 Å². The molecular weight excluding hydrogens is 418 g/mol. The number of thioether (sulfide) groups is 1. The highest BCUT2D eigenvalue weighted by Gasteiger charge is 2.15. The van der Waals surface area contributed by atoms with E-state index in [0.29, 0.717) is 22.6 Å². The number of carbonyl (C=O) groups is 1. The summed E-state index contributed by atoms with van der Waals surface area (Å²) in [5.41, 5.74) is 4.27. The van der Waals surface area contributed by atoms with Gasteiger partial charge in [-0.1, -0.05) is 18.2 Å². The van der Waals surface area contributed by atoms with Crippen molar-refractivity contribution in [2.24, 2.45) is 0 Å². The average molecular weight is 444 g/mol. The largest absolute Gasteiger partial charge is 0.457 e. The van der Waals surface area contributed by atoms with Crippen LogP contribution in [-0.2, 0) is 6.54 Å². The number of anilines is 1. The molecule has 0 saturated carbocycles. The minimum absolute atomic E-state index is 0.176. The number of nitrogens with zero attached hydrogens (tertiary/aromatic N) is 2. The molecule has 5 nitrogen and oxygen atoms in total. The second kappa shape index (κ2) is 10.4. The van der Waals surface area contributed by atoms with E-state index < -0.39 is 0 Å². The zero-order chi connectivity index (χ0) is 22.3. The van der Waals surface area contributed by atoms with Crippen molar-refractivity contribution in [1.29, 1.82) is 5.26 Å². The molecule has 0 atom stereocenters. The maximum absolute atomic E-state index is 12.9. The lowest BCUT2D eigenvalue weighted by molar-refractivity contribution is 0.102. The van der Waals surface area contributed by atoms with Crippen LogP contribution in [0.1, 0.15) is 27.0 Å². The summed E-state index contributed by atoms with van der Waals surface area (Å²) < 4.78 is 5.85. The lowest BCUT2D eigenvalue weighted by atomic mass is 10.1. The standard InChI is InChI=1S/C26H25N3O2S/c1-19-22(18-29-12-14-32-15-13-29)5-3-7-25(19)28-26(30)21-4-2-6-24(16-21)31-23-10-8-20(17-27)9-11-23/h2-11,16H,12-15,18H2,1H3,(H,28,30). The number of benzene rings is 3. The molecule has 0 bridgehead atoms. The molecule has 1 aliphatic heterocycles. The summed E-state index contributed by atoms with van der Waals surface area (Å²) in [6.45, 7) is 5.18. The first-order chi connectivity index (χ1) is 15.6. The first-order valence-corrected chi connectivity index (χ1v) is 11.8. The van der Waals surface area contributed by atoms with Crippen molar-refractivity contribution in [3.63, 3.8) is 0 Å². The van der Waals surface area contributed by atoms with Crippen LogP contribution in [0.25, 0.3) is 0 Å².